The topological polar surface area (TPSA) is 40.5 Å². The van der Waals surface area contributed by atoms with Crippen LogP contribution in [0.5, 0.6) is 0 Å². The second-order valence-corrected chi connectivity index (χ2v) is 4.17. The minimum Gasteiger partial charge on any atom is -0.397 e. The van der Waals surface area contributed by atoms with Crippen molar-refractivity contribution < 1.29 is 10.2 Å². The van der Waals surface area contributed by atoms with E-state index < -0.39 is 0 Å². The summed E-state index contributed by atoms with van der Waals surface area (Å²) in [6.45, 7) is 3.86. The van der Waals surface area contributed by atoms with E-state index in [9.17, 15) is 0 Å². The summed E-state index contributed by atoms with van der Waals surface area (Å²) in [5, 5.41) is 15.1. The highest BCUT2D eigenvalue weighted by Gasteiger charge is 1.95. The molecule has 1 fully saturated rings. The van der Waals surface area contributed by atoms with Gasteiger partial charge in [-0.1, -0.05) is 64.2 Å². The normalized spacial score (nSPS) is 17.2. The van der Waals surface area contributed by atoms with Crippen molar-refractivity contribution in [2.75, 3.05) is 13.2 Å². The van der Waals surface area contributed by atoms with E-state index in [1.165, 1.54) is 64.2 Å². The number of aliphatic hydroxyl groups is 2. The molecule has 1 rings (SSSR count). The number of aliphatic hydroxyl groups excluding tert-OH is 2. The summed E-state index contributed by atoms with van der Waals surface area (Å²) in [6.07, 6.45) is 15.0. The smallest absolute Gasteiger partial charge is 0.0402 e. The van der Waals surface area contributed by atoms with Crippen molar-refractivity contribution in [2.45, 2.75) is 78.1 Å². The van der Waals surface area contributed by atoms with E-state index in [1.807, 2.05) is 0 Å². The summed E-state index contributed by atoms with van der Waals surface area (Å²) in [7, 11) is 0. The third-order valence-electron chi connectivity index (χ3n) is 2.50. The van der Waals surface area contributed by atoms with Gasteiger partial charge in [0.1, 0.15) is 0 Å². The average Bonchev–Trinajstić information content (AvgIpc) is 2.29. The zero-order valence-electron chi connectivity index (χ0n) is 11.4. The van der Waals surface area contributed by atoms with E-state index in [-0.39, 0.29) is 13.2 Å². The Morgan fingerprint density at radius 2 is 0.562 bits per heavy atom. The largest absolute Gasteiger partial charge is 0.397 e. The first kappa shape index (κ1) is 18.3. The molecule has 0 aromatic rings. The lowest BCUT2D eigenvalue weighted by Gasteiger charge is -2.05. The van der Waals surface area contributed by atoms with E-state index in [4.69, 9.17) is 10.2 Å². The highest BCUT2D eigenvalue weighted by molar-refractivity contribution is 4.51. The van der Waals surface area contributed by atoms with Crippen LogP contribution in [0, 0.1) is 0 Å². The van der Waals surface area contributed by atoms with Crippen molar-refractivity contribution in [3.8, 4) is 0 Å². The van der Waals surface area contributed by atoms with Gasteiger partial charge in [-0.05, 0) is 13.8 Å². The summed E-state index contributed by atoms with van der Waals surface area (Å²) in [5.74, 6) is 0. The van der Waals surface area contributed by atoms with E-state index >= 15 is 0 Å². The van der Waals surface area contributed by atoms with Gasteiger partial charge >= 0.3 is 0 Å². The highest BCUT2D eigenvalue weighted by atomic mass is 16.3. The lowest BCUT2D eigenvalue weighted by molar-refractivity contribution is 0.318. The fourth-order valence-electron chi connectivity index (χ4n) is 1.77. The Labute approximate surface area is 102 Å². The third-order valence-corrected chi connectivity index (χ3v) is 2.50. The van der Waals surface area contributed by atoms with Crippen molar-refractivity contribution in [1.29, 1.82) is 0 Å². The molecule has 0 amide bonds. The maximum absolute atomic E-state index is 7.57. The third kappa shape index (κ3) is 23.6. The molecule has 0 radical (unpaired) electrons. The number of hydrogen-bond donors (Lipinski definition) is 2. The van der Waals surface area contributed by atoms with E-state index in [0.29, 0.717) is 0 Å². The zero-order valence-corrected chi connectivity index (χ0v) is 11.4. The Balaban J connectivity index is 0. The molecule has 2 N–H and O–H groups in total. The van der Waals surface area contributed by atoms with Crippen molar-refractivity contribution in [3.63, 3.8) is 0 Å². The predicted octanol–water partition coefficient (Wildman–Crippen LogP) is 3.90. The molecule has 0 bridgehead atoms. The first-order valence-corrected chi connectivity index (χ1v) is 7.05. The molecule has 0 aromatic heterocycles. The predicted molar refractivity (Wildman–Crippen MR) is 71.7 cm³/mol. The molecular formula is C14H32O2. The Kier molecular flexibility index (Phi) is 23.3. The van der Waals surface area contributed by atoms with Gasteiger partial charge in [0.25, 0.3) is 0 Å². The van der Waals surface area contributed by atoms with Crippen LogP contribution in [-0.4, -0.2) is 23.4 Å². The standard InChI is InChI=1S/C10H20.2C2H6O/c1-2-4-6-8-10-9-7-5-3-1;2*1-2-3/h1-10H2;2*3H,2H2,1H3. The molecule has 2 nitrogen and oxygen atoms in total. The van der Waals surface area contributed by atoms with Crippen LogP contribution in [0.1, 0.15) is 78.1 Å². The lowest BCUT2D eigenvalue weighted by Crippen LogP contribution is -1.85. The van der Waals surface area contributed by atoms with Gasteiger partial charge in [0.15, 0.2) is 0 Å². The van der Waals surface area contributed by atoms with Crippen molar-refractivity contribution in [2.24, 2.45) is 0 Å². The maximum Gasteiger partial charge on any atom is 0.0402 e. The molecule has 100 valence electrons. The first-order valence-electron chi connectivity index (χ1n) is 7.05. The fourth-order valence-corrected chi connectivity index (χ4v) is 1.77. The average molecular weight is 232 g/mol. The fraction of sp³-hybridized carbons (Fsp3) is 1.00. The molecule has 1 saturated carbocycles. The van der Waals surface area contributed by atoms with Crippen LogP contribution in [0.25, 0.3) is 0 Å². The molecule has 0 aliphatic heterocycles. The minimum atomic E-state index is 0.250. The summed E-state index contributed by atoms with van der Waals surface area (Å²) < 4.78 is 0. The summed E-state index contributed by atoms with van der Waals surface area (Å²) in [5.41, 5.74) is 0. The summed E-state index contributed by atoms with van der Waals surface area (Å²) in [6, 6.07) is 0. The maximum atomic E-state index is 7.57. The van der Waals surface area contributed by atoms with Gasteiger partial charge < -0.3 is 10.2 Å². The molecule has 0 unspecified atom stereocenters. The van der Waals surface area contributed by atoms with Gasteiger partial charge in [0.2, 0.25) is 0 Å². The highest BCUT2D eigenvalue weighted by Crippen LogP contribution is 2.15. The van der Waals surface area contributed by atoms with E-state index in [0.717, 1.165) is 0 Å². The molecule has 16 heavy (non-hydrogen) atoms. The van der Waals surface area contributed by atoms with Gasteiger partial charge in [-0.25, -0.2) is 0 Å². The van der Waals surface area contributed by atoms with E-state index in [2.05, 4.69) is 0 Å². The molecule has 0 aromatic carbocycles. The van der Waals surface area contributed by atoms with Gasteiger partial charge in [-0.15, -0.1) is 0 Å². The van der Waals surface area contributed by atoms with Crippen molar-refractivity contribution in [1.82, 2.24) is 0 Å². The van der Waals surface area contributed by atoms with Crippen molar-refractivity contribution >= 4 is 0 Å². The summed E-state index contributed by atoms with van der Waals surface area (Å²) >= 11 is 0. The van der Waals surface area contributed by atoms with Crippen LogP contribution in [0.3, 0.4) is 0 Å². The second-order valence-electron chi connectivity index (χ2n) is 4.17. The first-order chi connectivity index (χ1) is 7.83. The number of rotatable bonds is 0. The molecule has 2 heteroatoms. The van der Waals surface area contributed by atoms with Gasteiger partial charge in [-0.3, -0.25) is 0 Å². The molecule has 0 atom stereocenters. The van der Waals surface area contributed by atoms with Crippen LogP contribution < -0.4 is 0 Å². The molecule has 1 aliphatic carbocycles. The molecule has 1 aliphatic rings. The van der Waals surface area contributed by atoms with Gasteiger partial charge in [-0.2, -0.15) is 0 Å². The van der Waals surface area contributed by atoms with Gasteiger partial charge in [0.05, 0.1) is 0 Å². The van der Waals surface area contributed by atoms with Gasteiger partial charge in [0, 0.05) is 13.2 Å². The SMILES string of the molecule is C1CCCCCCCCC1.CCO.CCO. The van der Waals surface area contributed by atoms with E-state index in [1.54, 1.807) is 13.8 Å². The Hall–Kier alpha value is -0.0800. The molecular weight excluding hydrogens is 200 g/mol. The second kappa shape index (κ2) is 20.3. The van der Waals surface area contributed by atoms with Crippen LogP contribution >= 0.6 is 0 Å². The molecule has 0 heterocycles. The van der Waals surface area contributed by atoms with Crippen LogP contribution in [0.4, 0.5) is 0 Å². The van der Waals surface area contributed by atoms with Crippen molar-refractivity contribution in [3.05, 3.63) is 0 Å². The molecule has 0 saturated heterocycles. The van der Waals surface area contributed by atoms with Crippen LogP contribution in [-0.2, 0) is 0 Å². The lowest BCUT2D eigenvalue weighted by atomic mass is 10.0. The Bertz CT molecular complexity index is 59.5. The zero-order chi connectivity index (χ0) is 12.5. The quantitative estimate of drug-likeness (QED) is 0.665. The monoisotopic (exact) mass is 232 g/mol. The molecule has 0 spiro atoms. The van der Waals surface area contributed by atoms with Crippen LogP contribution in [0.15, 0.2) is 0 Å². The number of hydrogen-bond acceptors (Lipinski definition) is 2. The Morgan fingerprint density at radius 1 is 0.500 bits per heavy atom. The summed E-state index contributed by atoms with van der Waals surface area (Å²) in [4.78, 5) is 0. The Morgan fingerprint density at radius 3 is 0.625 bits per heavy atom. The van der Waals surface area contributed by atoms with Crippen LogP contribution in [0.2, 0.25) is 0 Å². The minimum absolute atomic E-state index is 0.250.